The van der Waals surface area contributed by atoms with E-state index in [1.807, 2.05) is 0 Å². The molecule has 2 fully saturated rings. The van der Waals surface area contributed by atoms with Crippen LogP contribution >= 0.6 is 0 Å². The van der Waals surface area contributed by atoms with Crippen molar-refractivity contribution in [2.45, 2.75) is 43.7 Å². The molecule has 1 saturated heterocycles. The fraction of sp³-hybridized carbons (Fsp3) is 0.444. The minimum absolute atomic E-state index is 0.326. The Labute approximate surface area is 154 Å². The lowest BCUT2D eigenvalue weighted by molar-refractivity contribution is -0.135. The molecule has 142 valence electrons. The first-order chi connectivity index (χ1) is 12.7. The number of nitrogens with one attached hydrogen (secondary N) is 2. The summed E-state index contributed by atoms with van der Waals surface area (Å²) >= 11 is 0. The van der Waals surface area contributed by atoms with Gasteiger partial charge in [-0.25, -0.2) is 13.6 Å². The van der Waals surface area contributed by atoms with E-state index in [-0.39, 0.29) is 5.56 Å². The average Bonchev–Trinajstić information content (AvgIpc) is 3.17. The van der Waals surface area contributed by atoms with Crippen LogP contribution in [0.4, 0.5) is 13.6 Å². The Morgan fingerprint density at radius 3 is 2.63 bits per heavy atom. The summed E-state index contributed by atoms with van der Waals surface area (Å²) in [5, 5.41) is 14.2. The van der Waals surface area contributed by atoms with E-state index in [1.54, 1.807) is 0 Å². The van der Waals surface area contributed by atoms with E-state index in [4.69, 9.17) is 0 Å². The summed E-state index contributed by atoms with van der Waals surface area (Å²) in [6.45, 7) is 0.636. The van der Waals surface area contributed by atoms with Gasteiger partial charge in [-0.1, -0.05) is 0 Å². The topological polar surface area (TPSA) is 102 Å². The van der Waals surface area contributed by atoms with Crippen molar-refractivity contribution in [2.24, 2.45) is 0 Å². The van der Waals surface area contributed by atoms with E-state index in [2.05, 4.69) is 16.7 Å². The van der Waals surface area contributed by atoms with E-state index >= 15 is 0 Å². The fourth-order valence-corrected chi connectivity index (χ4v) is 3.60. The number of imide groups is 1. The highest BCUT2D eigenvalue weighted by Gasteiger charge is 2.51. The quantitative estimate of drug-likeness (QED) is 0.781. The number of hydrogen-bond acceptors (Lipinski definition) is 4. The maximum Gasteiger partial charge on any atom is 0.325 e. The van der Waals surface area contributed by atoms with Gasteiger partial charge in [0.25, 0.3) is 5.91 Å². The van der Waals surface area contributed by atoms with Gasteiger partial charge < -0.3 is 10.6 Å². The van der Waals surface area contributed by atoms with Crippen molar-refractivity contribution >= 4 is 17.8 Å². The monoisotopic (exact) mass is 376 g/mol. The molecule has 1 aliphatic carbocycles. The van der Waals surface area contributed by atoms with E-state index in [1.165, 1.54) is 6.92 Å². The highest BCUT2D eigenvalue weighted by molar-refractivity contribution is 6.09. The number of halogens is 2. The Bertz CT molecular complexity index is 861. The predicted octanol–water partition coefficient (Wildman–Crippen LogP) is 1.68. The second-order valence-electron chi connectivity index (χ2n) is 7.02. The largest absolute Gasteiger partial charge is 0.336 e. The maximum atomic E-state index is 14.1. The summed E-state index contributed by atoms with van der Waals surface area (Å²) in [7, 11) is 0. The minimum atomic E-state index is -1.83. The molecule has 0 unspecified atom stereocenters. The zero-order valence-electron chi connectivity index (χ0n) is 14.6. The Morgan fingerprint density at radius 1 is 1.33 bits per heavy atom. The standard InChI is InChI=1S/C18H18F2N4O3/c1-17(12-8-11(19)4-5-13(12)20)15(26)24(16(27)23-17)9-14(25)22-18(10-21)6-2-3-7-18/h4-5,8H,2-3,6-7,9H2,1H3,(H,22,25)(H,23,27)/t17-/m0/s1. The zero-order valence-corrected chi connectivity index (χ0v) is 14.6. The molecule has 1 aliphatic heterocycles. The maximum absolute atomic E-state index is 14.1. The van der Waals surface area contributed by atoms with Crippen molar-refractivity contribution in [3.05, 3.63) is 35.4 Å². The third-order valence-electron chi connectivity index (χ3n) is 5.09. The molecule has 1 aromatic rings. The molecule has 27 heavy (non-hydrogen) atoms. The Morgan fingerprint density at radius 2 is 2.00 bits per heavy atom. The Hall–Kier alpha value is -3.02. The van der Waals surface area contributed by atoms with Crippen molar-refractivity contribution in [3.63, 3.8) is 0 Å². The SMILES string of the molecule is C[C@@]1(c2cc(F)ccc2F)NC(=O)N(CC(=O)NC2(C#N)CCCC2)C1=O. The Balaban J connectivity index is 1.79. The third-order valence-corrected chi connectivity index (χ3v) is 5.09. The first kappa shape index (κ1) is 18.8. The van der Waals surface area contributed by atoms with Gasteiger partial charge in [-0.2, -0.15) is 5.26 Å². The van der Waals surface area contributed by atoms with E-state index in [0.717, 1.165) is 31.0 Å². The van der Waals surface area contributed by atoms with Crippen LogP contribution in [-0.4, -0.2) is 34.8 Å². The number of urea groups is 1. The highest BCUT2D eigenvalue weighted by atomic mass is 19.1. The summed E-state index contributed by atoms with van der Waals surface area (Å²) in [6, 6.07) is 3.79. The smallest absolute Gasteiger partial charge is 0.325 e. The van der Waals surface area contributed by atoms with Crippen LogP contribution in [0.2, 0.25) is 0 Å². The van der Waals surface area contributed by atoms with Crippen LogP contribution in [0.5, 0.6) is 0 Å². The molecule has 2 aliphatic rings. The molecule has 3 rings (SSSR count). The molecular formula is C18H18F2N4O3. The lowest BCUT2D eigenvalue weighted by atomic mass is 9.91. The number of amides is 4. The van der Waals surface area contributed by atoms with Gasteiger partial charge in [0.05, 0.1) is 6.07 Å². The first-order valence-corrected chi connectivity index (χ1v) is 8.53. The van der Waals surface area contributed by atoms with E-state index in [9.17, 15) is 28.4 Å². The van der Waals surface area contributed by atoms with Crippen LogP contribution in [0.1, 0.15) is 38.2 Å². The van der Waals surface area contributed by atoms with Crippen molar-refractivity contribution in [3.8, 4) is 6.07 Å². The van der Waals surface area contributed by atoms with Gasteiger partial charge in [0.1, 0.15) is 29.3 Å². The summed E-state index contributed by atoms with van der Waals surface area (Å²) in [4.78, 5) is 37.9. The molecule has 0 spiro atoms. The third kappa shape index (κ3) is 3.23. The summed E-state index contributed by atoms with van der Waals surface area (Å²) in [5.41, 5.74) is -3.15. The molecule has 2 N–H and O–H groups in total. The number of nitriles is 1. The molecule has 0 radical (unpaired) electrons. The van der Waals surface area contributed by atoms with E-state index in [0.29, 0.717) is 17.7 Å². The van der Waals surface area contributed by atoms with E-state index < -0.39 is 47.1 Å². The van der Waals surface area contributed by atoms with Gasteiger partial charge in [0.15, 0.2) is 0 Å². The lowest BCUT2D eigenvalue weighted by Crippen LogP contribution is -2.50. The average molecular weight is 376 g/mol. The molecule has 1 saturated carbocycles. The summed E-state index contributed by atoms with van der Waals surface area (Å²) in [6.07, 6.45) is 2.60. The van der Waals surface area contributed by atoms with Gasteiger partial charge in [-0.3, -0.25) is 14.5 Å². The Kier molecular flexibility index (Phi) is 4.59. The number of carbonyl (C=O) groups is 3. The fourth-order valence-electron chi connectivity index (χ4n) is 3.60. The molecular weight excluding hydrogens is 358 g/mol. The summed E-state index contributed by atoms with van der Waals surface area (Å²) in [5.74, 6) is -3.15. The van der Waals surface area contributed by atoms with Gasteiger partial charge in [0, 0.05) is 5.56 Å². The lowest BCUT2D eigenvalue weighted by Gasteiger charge is -2.24. The second-order valence-corrected chi connectivity index (χ2v) is 7.02. The zero-order chi connectivity index (χ0) is 19.8. The number of benzene rings is 1. The first-order valence-electron chi connectivity index (χ1n) is 8.53. The normalized spacial score (nSPS) is 23.9. The van der Waals surface area contributed by atoms with Gasteiger partial charge in [0.2, 0.25) is 5.91 Å². The summed E-state index contributed by atoms with van der Waals surface area (Å²) < 4.78 is 27.6. The second kappa shape index (κ2) is 6.61. The van der Waals surface area contributed by atoms with Crippen LogP contribution in [0.3, 0.4) is 0 Å². The van der Waals surface area contributed by atoms with Crippen molar-refractivity contribution < 1.29 is 23.2 Å². The van der Waals surface area contributed by atoms with Gasteiger partial charge >= 0.3 is 6.03 Å². The number of hydrogen-bond donors (Lipinski definition) is 2. The molecule has 1 heterocycles. The number of nitrogens with zero attached hydrogens (tertiary/aromatic N) is 2. The van der Waals surface area contributed by atoms with Crippen LogP contribution in [-0.2, 0) is 15.1 Å². The van der Waals surface area contributed by atoms with Gasteiger partial charge in [-0.15, -0.1) is 0 Å². The highest BCUT2D eigenvalue weighted by Crippen LogP contribution is 2.32. The molecule has 4 amide bonds. The minimum Gasteiger partial charge on any atom is -0.336 e. The van der Waals surface area contributed by atoms with Crippen LogP contribution in [0.15, 0.2) is 18.2 Å². The van der Waals surface area contributed by atoms with Crippen LogP contribution in [0, 0.1) is 23.0 Å². The van der Waals surface area contributed by atoms with Crippen LogP contribution < -0.4 is 10.6 Å². The van der Waals surface area contributed by atoms with Crippen LogP contribution in [0.25, 0.3) is 0 Å². The molecule has 1 atom stereocenters. The van der Waals surface area contributed by atoms with Crippen molar-refractivity contribution in [1.82, 2.24) is 15.5 Å². The molecule has 1 aromatic carbocycles. The number of rotatable bonds is 4. The van der Waals surface area contributed by atoms with Crippen molar-refractivity contribution in [2.75, 3.05) is 6.54 Å². The predicted molar refractivity (Wildman–Crippen MR) is 88.9 cm³/mol. The van der Waals surface area contributed by atoms with Gasteiger partial charge in [-0.05, 0) is 50.8 Å². The molecule has 0 bridgehead atoms. The molecule has 9 heteroatoms. The number of carbonyl (C=O) groups excluding carboxylic acids is 3. The molecule has 7 nitrogen and oxygen atoms in total. The van der Waals surface area contributed by atoms with Crippen molar-refractivity contribution in [1.29, 1.82) is 5.26 Å². The molecule has 0 aromatic heterocycles.